The van der Waals surface area contributed by atoms with Gasteiger partial charge in [-0.2, -0.15) is 0 Å². The van der Waals surface area contributed by atoms with E-state index in [0.29, 0.717) is 0 Å². The molecule has 5 rings (SSSR count). The summed E-state index contributed by atoms with van der Waals surface area (Å²) in [4.78, 5) is 0. The summed E-state index contributed by atoms with van der Waals surface area (Å²) in [5.41, 5.74) is 0. The minimum Gasteiger partial charge on any atom is -0.0654 e. The van der Waals surface area contributed by atoms with Crippen LogP contribution in [0.2, 0.25) is 0 Å². The zero-order valence-electron chi connectivity index (χ0n) is 79.8. The van der Waals surface area contributed by atoms with Gasteiger partial charge >= 0.3 is 0 Å². The second kappa shape index (κ2) is 106. The van der Waals surface area contributed by atoms with Gasteiger partial charge in [-0.25, -0.2) is 0 Å². The van der Waals surface area contributed by atoms with Crippen molar-refractivity contribution in [3.63, 3.8) is 0 Å². The maximum absolute atomic E-state index is 2.31. The predicted molar refractivity (Wildman–Crippen MR) is 522 cm³/mol. The average Bonchev–Trinajstić information content (AvgIpc) is 0.734. The first-order valence-corrected chi connectivity index (χ1v) is 51.2. The Morgan fingerprint density at radius 2 is 0.273 bits per heavy atom. The molecule has 0 radical (unpaired) electrons. The SMILES string of the molecule is CCCCCCCCCC.CCCCCCCCCC.CCCCCCCCCC.CCCCCCCCCC.CCCCCCCCCC.CCCCCCCCCC.CCCCCCCCCC.CCCCCCCCCC.CCCCCCCCCC.c1ccc2c(c1)cc1ccc3cccc4ccc2c1c34. The van der Waals surface area contributed by atoms with Gasteiger partial charge in [-0.1, -0.05) is 654 Å². The molecule has 0 heteroatoms. The minimum absolute atomic E-state index is 1.32. The minimum atomic E-state index is 1.32. The maximum atomic E-state index is 2.31. The lowest BCUT2D eigenvalue weighted by Gasteiger charge is -2.12. The average molecular weight is 1530 g/mol. The molecular weight excluding hydrogens is 1320 g/mol. The van der Waals surface area contributed by atoms with Crippen LogP contribution in [-0.4, -0.2) is 0 Å². The Morgan fingerprint density at radius 3 is 0.464 bits per heavy atom. The summed E-state index contributed by atoms with van der Waals surface area (Å²) in [5.74, 6) is 0. The van der Waals surface area contributed by atoms with E-state index in [1.54, 1.807) is 0 Å². The molecule has 650 valence electrons. The van der Waals surface area contributed by atoms with Gasteiger partial charge in [0, 0.05) is 0 Å². The molecule has 0 aromatic heterocycles. The van der Waals surface area contributed by atoms with E-state index in [1.807, 2.05) is 0 Å². The van der Waals surface area contributed by atoms with Gasteiger partial charge in [0.15, 0.2) is 0 Å². The number of fused-ring (bicyclic) bond motifs is 2. The summed E-state index contributed by atoms with van der Waals surface area (Å²) in [5, 5.41) is 10.8. The third-order valence-electron chi connectivity index (χ3n) is 22.0. The molecule has 0 saturated heterocycles. The zero-order valence-corrected chi connectivity index (χ0v) is 79.8. The van der Waals surface area contributed by atoms with E-state index in [2.05, 4.69) is 197 Å². The molecule has 0 nitrogen and oxygen atoms in total. The van der Waals surface area contributed by atoms with E-state index < -0.39 is 0 Å². The summed E-state index contributed by atoms with van der Waals surface area (Å²) in [6.07, 6.45) is 103. The fourth-order valence-corrected chi connectivity index (χ4v) is 14.4. The van der Waals surface area contributed by atoms with Gasteiger partial charge in [0.05, 0.1) is 0 Å². The van der Waals surface area contributed by atoms with Crippen molar-refractivity contribution in [2.24, 2.45) is 0 Å². The molecule has 0 saturated carbocycles. The van der Waals surface area contributed by atoms with E-state index >= 15 is 0 Å². The number of hydrogen-bond acceptors (Lipinski definition) is 0. The molecule has 0 spiro atoms. The fraction of sp³-hybridized carbons (Fsp3) is 0.818. The number of hydrogen-bond donors (Lipinski definition) is 0. The Hall–Kier alpha value is -2.60. The van der Waals surface area contributed by atoms with Crippen molar-refractivity contribution in [3.8, 4) is 0 Å². The molecule has 0 bridgehead atoms. The standard InChI is InChI=1S/C20H12.9C10H22/c1-2-7-17-15(4-1)12-16-9-8-13-5-3-6-14-10-11-18(17)20(16)19(13)14;9*1-3-5-7-9-10-8-6-4-2/h1-12H;9*3-10H2,1-2H3. The summed E-state index contributed by atoms with van der Waals surface area (Å²) >= 11 is 0. The molecule has 0 unspecified atom stereocenters. The van der Waals surface area contributed by atoms with E-state index in [1.165, 1.54) is 505 Å². The molecule has 110 heavy (non-hydrogen) atoms. The normalized spacial score (nSPS) is 10.5. The summed E-state index contributed by atoms with van der Waals surface area (Å²) in [6.45, 7) is 40.9. The van der Waals surface area contributed by atoms with Crippen LogP contribution in [0.5, 0.6) is 0 Å². The molecule has 5 aromatic rings. The number of unbranched alkanes of at least 4 members (excludes halogenated alkanes) is 63. The number of rotatable bonds is 63. The smallest absolute Gasteiger partial charge is 0.00204 e. The van der Waals surface area contributed by atoms with E-state index in [9.17, 15) is 0 Å². The van der Waals surface area contributed by atoms with Crippen LogP contribution in [0.25, 0.3) is 43.1 Å². The van der Waals surface area contributed by atoms with Gasteiger partial charge in [0.2, 0.25) is 0 Å². The summed E-state index contributed by atoms with van der Waals surface area (Å²) in [7, 11) is 0. The van der Waals surface area contributed by atoms with Gasteiger partial charge in [0.1, 0.15) is 0 Å². The highest BCUT2D eigenvalue weighted by molar-refractivity contribution is 6.28. The van der Waals surface area contributed by atoms with Crippen molar-refractivity contribution < 1.29 is 0 Å². The Kier molecular flexibility index (Phi) is 112. The third kappa shape index (κ3) is 86.3. The molecule has 0 atom stereocenters. The van der Waals surface area contributed by atoms with Crippen LogP contribution < -0.4 is 0 Å². The number of benzene rings is 5. The van der Waals surface area contributed by atoms with Crippen molar-refractivity contribution in [2.45, 2.75) is 587 Å². The molecule has 0 N–H and O–H groups in total. The Bertz CT molecular complexity index is 1980. The molecule has 0 aliphatic carbocycles. The Balaban J connectivity index is -0.000000377. The van der Waals surface area contributed by atoms with Crippen LogP contribution in [0, 0.1) is 0 Å². The van der Waals surface area contributed by atoms with Gasteiger partial charge in [-0.15, -0.1) is 0 Å². The van der Waals surface area contributed by atoms with Gasteiger partial charge in [-0.3, -0.25) is 0 Å². The van der Waals surface area contributed by atoms with Gasteiger partial charge in [0.25, 0.3) is 0 Å². The van der Waals surface area contributed by atoms with Gasteiger partial charge < -0.3 is 0 Å². The summed E-state index contributed by atoms with van der Waals surface area (Å²) in [6, 6.07) is 26.5. The van der Waals surface area contributed by atoms with Crippen LogP contribution >= 0.6 is 0 Å². The fourth-order valence-electron chi connectivity index (χ4n) is 14.4. The summed E-state index contributed by atoms with van der Waals surface area (Å²) < 4.78 is 0. The highest BCUT2D eigenvalue weighted by Crippen LogP contribution is 2.38. The lowest BCUT2D eigenvalue weighted by molar-refractivity contribution is 0.585. The maximum Gasteiger partial charge on any atom is -0.00204 e. The van der Waals surface area contributed by atoms with Gasteiger partial charge in [-0.05, 0) is 49.2 Å². The molecule has 0 aliphatic heterocycles. The first-order valence-electron chi connectivity index (χ1n) is 51.2. The molecule has 0 heterocycles. The molecule has 0 aliphatic rings. The molecule has 0 amide bonds. The lowest BCUT2D eigenvalue weighted by Crippen LogP contribution is -1.85. The second-order valence-corrected chi connectivity index (χ2v) is 33.5. The second-order valence-electron chi connectivity index (χ2n) is 33.5. The highest BCUT2D eigenvalue weighted by atomic mass is 14.1. The molecule has 5 aromatic carbocycles. The van der Waals surface area contributed by atoms with E-state index in [-0.39, 0.29) is 0 Å². The van der Waals surface area contributed by atoms with Crippen molar-refractivity contribution in [2.75, 3.05) is 0 Å². The first-order chi connectivity index (χ1) is 54.1. The molecule has 0 fully saturated rings. The predicted octanol–water partition coefficient (Wildman–Crippen LogP) is 43.1. The Morgan fingerprint density at radius 1 is 0.118 bits per heavy atom. The quantitative estimate of drug-likeness (QED) is 0.0207. The van der Waals surface area contributed by atoms with Crippen molar-refractivity contribution >= 4 is 43.1 Å². The third-order valence-corrected chi connectivity index (χ3v) is 22.0. The Labute approximate surface area is 698 Å². The lowest BCUT2D eigenvalue weighted by atomic mass is 9.91. The first kappa shape index (κ1) is 116. The van der Waals surface area contributed by atoms with Crippen LogP contribution in [0.1, 0.15) is 587 Å². The van der Waals surface area contributed by atoms with Crippen molar-refractivity contribution in [3.05, 3.63) is 72.8 Å². The zero-order chi connectivity index (χ0) is 82.0. The van der Waals surface area contributed by atoms with Crippen LogP contribution in [0.3, 0.4) is 0 Å². The van der Waals surface area contributed by atoms with Crippen LogP contribution in [0.15, 0.2) is 72.8 Å². The van der Waals surface area contributed by atoms with Crippen LogP contribution in [-0.2, 0) is 0 Å². The largest absolute Gasteiger partial charge is 0.0654 e. The molecular formula is C110H210. The van der Waals surface area contributed by atoms with E-state index in [4.69, 9.17) is 0 Å². The van der Waals surface area contributed by atoms with Crippen molar-refractivity contribution in [1.29, 1.82) is 0 Å². The van der Waals surface area contributed by atoms with Crippen molar-refractivity contribution in [1.82, 2.24) is 0 Å². The topological polar surface area (TPSA) is 0 Å². The van der Waals surface area contributed by atoms with Crippen LogP contribution in [0.4, 0.5) is 0 Å². The highest BCUT2D eigenvalue weighted by Gasteiger charge is 2.10. The monoisotopic (exact) mass is 1530 g/mol. The van der Waals surface area contributed by atoms with E-state index in [0.717, 1.165) is 0 Å².